The summed E-state index contributed by atoms with van der Waals surface area (Å²) in [5.74, 6) is 2.21. The zero-order valence-electron chi connectivity index (χ0n) is 15.0. The Kier molecular flexibility index (Phi) is 5.95. The molecular formula is C20H30O5. The Morgan fingerprint density at radius 3 is 1.56 bits per heavy atom. The lowest BCUT2D eigenvalue weighted by Crippen LogP contribution is -1.99. The monoisotopic (exact) mass is 350 g/mol. The van der Waals surface area contributed by atoms with Crippen LogP contribution in [0.1, 0.15) is 64.2 Å². The molecule has 5 nitrogen and oxygen atoms in total. The fourth-order valence-electron chi connectivity index (χ4n) is 3.45. The maximum atomic E-state index is 5.73. The van der Waals surface area contributed by atoms with Gasteiger partial charge in [0.05, 0.1) is 24.4 Å². The smallest absolute Gasteiger partial charge is 0.141 e. The molecule has 140 valence electrons. The van der Waals surface area contributed by atoms with Crippen LogP contribution < -0.4 is 0 Å². The summed E-state index contributed by atoms with van der Waals surface area (Å²) in [5, 5.41) is 0. The van der Waals surface area contributed by atoms with Crippen molar-refractivity contribution in [1.29, 1.82) is 0 Å². The van der Waals surface area contributed by atoms with Gasteiger partial charge in [-0.15, -0.1) is 0 Å². The highest BCUT2D eigenvalue weighted by molar-refractivity contribution is 5.08. The van der Waals surface area contributed by atoms with Gasteiger partial charge in [-0.2, -0.15) is 0 Å². The number of hydrogen-bond donors (Lipinski definition) is 0. The third-order valence-corrected chi connectivity index (χ3v) is 5.30. The molecule has 5 heteroatoms. The zero-order chi connectivity index (χ0) is 16.9. The van der Waals surface area contributed by atoms with Crippen molar-refractivity contribution in [2.75, 3.05) is 13.2 Å². The molecule has 0 N–H and O–H groups in total. The number of unbranched alkanes of at least 4 members (excludes halogenated alkanes) is 4. The summed E-state index contributed by atoms with van der Waals surface area (Å²) >= 11 is 0. The molecule has 4 aliphatic rings. The molecule has 0 aromatic carbocycles. The Hall–Kier alpha value is -1.04. The van der Waals surface area contributed by atoms with E-state index >= 15 is 0 Å². The number of hydrogen-bond acceptors (Lipinski definition) is 5. The van der Waals surface area contributed by atoms with Crippen LogP contribution in [0.2, 0.25) is 0 Å². The third-order valence-electron chi connectivity index (χ3n) is 5.30. The van der Waals surface area contributed by atoms with E-state index in [0.717, 1.165) is 37.6 Å². The Morgan fingerprint density at radius 2 is 1.12 bits per heavy atom. The van der Waals surface area contributed by atoms with E-state index in [1.807, 2.05) is 12.5 Å². The predicted molar refractivity (Wildman–Crippen MR) is 92.6 cm³/mol. The second kappa shape index (κ2) is 8.56. The SMILES string of the molecule is C1=C(CC2OC2CCCCCOCCCCCC2OC2CC2=CO2)O1. The van der Waals surface area contributed by atoms with Crippen LogP contribution in [0.25, 0.3) is 0 Å². The van der Waals surface area contributed by atoms with Crippen molar-refractivity contribution in [2.45, 2.75) is 88.6 Å². The first-order valence-electron chi connectivity index (χ1n) is 9.98. The standard InChI is InChI=1S/C20H30O5/c1(3-7-17-19(24-17)11-15-13-22-15)5-9-21-10-6-2-4-8-18-20(25-18)12-16-14-23-16/h13-14,17-20H,1-12H2. The van der Waals surface area contributed by atoms with Crippen molar-refractivity contribution < 1.29 is 23.7 Å². The van der Waals surface area contributed by atoms with Crippen LogP contribution >= 0.6 is 0 Å². The highest BCUT2D eigenvalue weighted by atomic mass is 16.6. The van der Waals surface area contributed by atoms with Crippen LogP contribution in [0.5, 0.6) is 0 Å². The van der Waals surface area contributed by atoms with Gasteiger partial charge >= 0.3 is 0 Å². The van der Waals surface area contributed by atoms with Crippen LogP contribution in [0.15, 0.2) is 24.0 Å². The van der Waals surface area contributed by atoms with Crippen LogP contribution in [-0.2, 0) is 23.7 Å². The summed E-state index contributed by atoms with van der Waals surface area (Å²) in [4.78, 5) is 0. The van der Waals surface area contributed by atoms with Gasteiger partial charge in [-0.25, -0.2) is 0 Å². The summed E-state index contributed by atoms with van der Waals surface area (Å²) in [6, 6.07) is 0. The van der Waals surface area contributed by atoms with Crippen molar-refractivity contribution >= 4 is 0 Å². The van der Waals surface area contributed by atoms with Crippen molar-refractivity contribution in [3.63, 3.8) is 0 Å². The highest BCUT2D eigenvalue weighted by Gasteiger charge is 2.40. The van der Waals surface area contributed by atoms with Gasteiger partial charge in [0.15, 0.2) is 0 Å². The lowest BCUT2D eigenvalue weighted by molar-refractivity contribution is 0.125. The molecule has 4 aliphatic heterocycles. The van der Waals surface area contributed by atoms with E-state index in [2.05, 4.69) is 0 Å². The fourth-order valence-corrected chi connectivity index (χ4v) is 3.45. The van der Waals surface area contributed by atoms with Crippen molar-refractivity contribution in [2.24, 2.45) is 0 Å². The van der Waals surface area contributed by atoms with E-state index in [1.165, 1.54) is 51.4 Å². The topological polar surface area (TPSA) is 59.4 Å². The number of rotatable bonds is 16. The molecule has 4 atom stereocenters. The summed E-state index contributed by atoms with van der Waals surface area (Å²) in [5.41, 5.74) is 0. The maximum Gasteiger partial charge on any atom is 0.141 e. The van der Waals surface area contributed by atoms with Gasteiger partial charge in [0.25, 0.3) is 0 Å². The molecule has 0 spiro atoms. The van der Waals surface area contributed by atoms with Crippen molar-refractivity contribution in [3.8, 4) is 0 Å². The number of epoxide rings is 2. The second-order valence-electron chi connectivity index (χ2n) is 7.55. The lowest BCUT2D eigenvalue weighted by atomic mass is 10.1. The summed E-state index contributed by atoms with van der Waals surface area (Å²) in [6.45, 7) is 1.80. The summed E-state index contributed by atoms with van der Waals surface area (Å²) < 4.78 is 27.1. The Bertz CT molecular complexity index is 456. The van der Waals surface area contributed by atoms with Crippen molar-refractivity contribution in [3.05, 3.63) is 24.0 Å². The van der Waals surface area contributed by atoms with Crippen LogP contribution in [0.3, 0.4) is 0 Å². The van der Waals surface area contributed by atoms with E-state index in [-0.39, 0.29) is 0 Å². The first-order chi connectivity index (χ1) is 12.4. The molecule has 25 heavy (non-hydrogen) atoms. The molecule has 2 fully saturated rings. The molecule has 4 rings (SSSR count). The molecule has 0 aromatic heterocycles. The van der Waals surface area contributed by atoms with E-state index in [1.54, 1.807) is 0 Å². The van der Waals surface area contributed by atoms with Gasteiger partial charge in [0.2, 0.25) is 0 Å². The molecule has 0 saturated carbocycles. The fraction of sp³-hybridized carbons (Fsp3) is 0.800. The third kappa shape index (κ3) is 6.65. The van der Waals surface area contributed by atoms with E-state index in [0.29, 0.717) is 24.4 Å². The van der Waals surface area contributed by atoms with Crippen LogP contribution in [-0.4, -0.2) is 37.6 Å². The largest absolute Gasteiger partial charge is 0.462 e. The lowest BCUT2D eigenvalue weighted by Gasteiger charge is -2.04. The van der Waals surface area contributed by atoms with Gasteiger partial charge in [-0.3, -0.25) is 0 Å². The minimum Gasteiger partial charge on any atom is -0.462 e. The molecule has 2 saturated heterocycles. The molecular weight excluding hydrogens is 320 g/mol. The van der Waals surface area contributed by atoms with Gasteiger partial charge in [-0.05, 0) is 25.7 Å². The molecule has 0 aliphatic carbocycles. The van der Waals surface area contributed by atoms with Crippen LogP contribution in [0.4, 0.5) is 0 Å². The molecule has 0 aromatic rings. The zero-order valence-corrected chi connectivity index (χ0v) is 15.0. The van der Waals surface area contributed by atoms with Gasteiger partial charge in [-0.1, -0.05) is 25.7 Å². The molecule has 4 heterocycles. The van der Waals surface area contributed by atoms with Gasteiger partial charge < -0.3 is 23.7 Å². The van der Waals surface area contributed by atoms with E-state index in [9.17, 15) is 0 Å². The summed E-state index contributed by atoms with van der Waals surface area (Å²) in [7, 11) is 0. The average Bonchev–Trinajstić information content (AvgIpc) is 3.43. The second-order valence-corrected chi connectivity index (χ2v) is 7.55. The first-order valence-corrected chi connectivity index (χ1v) is 9.98. The van der Waals surface area contributed by atoms with E-state index < -0.39 is 0 Å². The minimum atomic E-state index is 0.431. The molecule has 0 amide bonds. The highest BCUT2D eigenvalue weighted by Crippen LogP contribution is 2.36. The first kappa shape index (κ1) is 17.4. The minimum absolute atomic E-state index is 0.431. The van der Waals surface area contributed by atoms with Crippen molar-refractivity contribution in [1.82, 2.24) is 0 Å². The maximum absolute atomic E-state index is 5.73. The Balaban J connectivity index is 0.859. The Labute approximate surface area is 150 Å². The number of ether oxygens (including phenoxy) is 5. The van der Waals surface area contributed by atoms with Crippen LogP contribution in [0, 0.1) is 0 Å². The summed E-state index contributed by atoms with van der Waals surface area (Å²) in [6.07, 6.45) is 17.1. The van der Waals surface area contributed by atoms with E-state index in [4.69, 9.17) is 23.7 Å². The molecule has 0 bridgehead atoms. The quantitative estimate of drug-likeness (QED) is 0.309. The molecule has 0 radical (unpaired) electrons. The van der Waals surface area contributed by atoms with Gasteiger partial charge in [0, 0.05) is 26.1 Å². The average molecular weight is 350 g/mol. The normalized spacial score (nSPS) is 30.9. The molecule has 4 unspecified atom stereocenters. The van der Waals surface area contributed by atoms with Gasteiger partial charge in [0.1, 0.15) is 24.0 Å². The Morgan fingerprint density at radius 1 is 0.640 bits per heavy atom. The predicted octanol–water partition coefficient (Wildman–Crippen LogP) is 4.18.